The van der Waals surface area contributed by atoms with Crippen LogP contribution in [-0.4, -0.2) is 20.7 Å². The predicted octanol–water partition coefficient (Wildman–Crippen LogP) is 1.07. The van der Waals surface area contributed by atoms with Gasteiger partial charge in [-0.1, -0.05) is 13.8 Å². The van der Waals surface area contributed by atoms with Crippen LogP contribution >= 0.6 is 0 Å². The fourth-order valence-electron chi connectivity index (χ4n) is 1.60. The maximum absolute atomic E-state index is 11.4. The smallest absolute Gasteiger partial charge is 0.252 e. The van der Waals surface area contributed by atoms with Crippen LogP contribution in [0.3, 0.4) is 0 Å². The van der Waals surface area contributed by atoms with E-state index in [0.29, 0.717) is 17.4 Å². The molecule has 0 radical (unpaired) electrons. The summed E-state index contributed by atoms with van der Waals surface area (Å²) in [7, 11) is 0. The number of pyridine rings is 1. The van der Waals surface area contributed by atoms with E-state index in [1.165, 1.54) is 16.9 Å². The second-order valence-electron chi connectivity index (χ2n) is 4.34. The lowest BCUT2D eigenvalue weighted by Gasteiger charge is -2.06. The van der Waals surface area contributed by atoms with E-state index in [9.17, 15) is 4.79 Å². The zero-order valence-corrected chi connectivity index (χ0v) is 10.3. The van der Waals surface area contributed by atoms with Crippen LogP contribution in [0.5, 0.6) is 0 Å². The molecule has 0 unspecified atom stereocenters. The molecule has 0 aliphatic carbocycles. The molecule has 2 heterocycles. The molecule has 2 aromatic rings. The van der Waals surface area contributed by atoms with E-state index in [2.05, 4.69) is 10.1 Å². The van der Waals surface area contributed by atoms with E-state index in [1.54, 1.807) is 6.20 Å². The first kappa shape index (κ1) is 12.1. The van der Waals surface area contributed by atoms with Gasteiger partial charge in [-0.25, -0.2) is 9.67 Å². The normalized spacial score (nSPS) is 10.8. The van der Waals surface area contributed by atoms with Gasteiger partial charge in [-0.15, -0.1) is 0 Å². The average Bonchev–Trinajstić information content (AvgIpc) is 2.78. The van der Waals surface area contributed by atoms with E-state index >= 15 is 0 Å². The largest absolute Gasteiger partial charge is 0.397 e. The van der Waals surface area contributed by atoms with Crippen molar-refractivity contribution in [3.63, 3.8) is 0 Å². The summed E-state index contributed by atoms with van der Waals surface area (Å²) in [5.41, 5.74) is 12.5. The molecule has 6 nitrogen and oxygen atoms in total. The highest BCUT2D eigenvalue weighted by molar-refractivity contribution is 5.96. The Morgan fingerprint density at radius 3 is 2.72 bits per heavy atom. The molecule has 0 atom stereocenters. The number of carbonyl (C=O) groups is 1. The monoisotopic (exact) mass is 245 g/mol. The lowest BCUT2D eigenvalue weighted by Crippen LogP contribution is -2.16. The first-order valence-corrected chi connectivity index (χ1v) is 5.60. The second kappa shape index (κ2) is 4.48. The summed E-state index contributed by atoms with van der Waals surface area (Å²) in [6.07, 6.45) is 3.22. The number of anilines is 1. The number of nitrogens with two attached hydrogens (primary N) is 2. The number of nitrogens with zero attached hydrogens (tertiary/aromatic N) is 3. The number of primary amides is 1. The topological polar surface area (TPSA) is 99.8 Å². The first-order valence-electron chi connectivity index (χ1n) is 5.60. The lowest BCUT2D eigenvalue weighted by atomic mass is 10.1. The quantitative estimate of drug-likeness (QED) is 0.844. The molecule has 0 aliphatic heterocycles. The molecular weight excluding hydrogens is 230 g/mol. The van der Waals surface area contributed by atoms with Crippen molar-refractivity contribution in [2.75, 3.05) is 5.73 Å². The van der Waals surface area contributed by atoms with Gasteiger partial charge in [0, 0.05) is 6.20 Å². The molecule has 0 spiro atoms. The summed E-state index contributed by atoms with van der Waals surface area (Å²) >= 11 is 0. The molecule has 4 N–H and O–H groups in total. The Bertz CT molecular complexity index is 588. The molecule has 0 saturated carbocycles. The molecular formula is C12H15N5O. The zero-order valence-electron chi connectivity index (χ0n) is 10.3. The van der Waals surface area contributed by atoms with Crippen LogP contribution < -0.4 is 11.5 Å². The van der Waals surface area contributed by atoms with Crippen molar-refractivity contribution in [3.05, 3.63) is 35.8 Å². The van der Waals surface area contributed by atoms with Crippen molar-refractivity contribution in [2.45, 2.75) is 19.8 Å². The van der Waals surface area contributed by atoms with Gasteiger partial charge in [0.2, 0.25) is 0 Å². The number of aromatic nitrogens is 3. The number of amides is 1. The molecule has 2 aromatic heterocycles. The van der Waals surface area contributed by atoms with Gasteiger partial charge in [0.15, 0.2) is 5.82 Å². The van der Waals surface area contributed by atoms with Crippen LogP contribution in [0.4, 0.5) is 5.69 Å². The van der Waals surface area contributed by atoms with Crippen LogP contribution in [0.15, 0.2) is 24.5 Å². The molecule has 6 heteroatoms. The molecule has 0 bridgehead atoms. The summed E-state index contributed by atoms with van der Waals surface area (Å²) in [5, 5.41) is 4.36. The third-order valence-electron chi connectivity index (χ3n) is 2.57. The summed E-state index contributed by atoms with van der Waals surface area (Å²) in [6, 6.07) is 3.38. The molecule has 94 valence electrons. The van der Waals surface area contributed by atoms with Gasteiger partial charge in [0.25, 0.3) is 5.91 Å². The molecule has 0 fully saturated rings. The fraction of sp³-hybridized carbons (Fsp3) is 0.250. The third kappa shape index (κ3) is 2.17. The highest BCUT2D eigenvalue weighted by Crippen LogP contribution is 2.17. The van der Waals surface area contributed by atoms with E-state index in [1.807, 2.05) is 19.9 Å². The maximum Gasteiger partial charge on any atom is 0.252 e. The van der Waals surface area contributed by atoms with Gasteiger partial charge in [0.1, 0.15) is 0 Å². The van der Waals surface area contributed by atoms with Gasteiger partial charge in [0.05, 0.1) is 23.1 Å². The van der Waals surface area contributed by atoms with E-state index < -0.39 is 5.91 Å². The Morgan fingerprint density at radius 1 is 1.44 bits per heavy atom. The highest BCUT2D eigenvalue weighted by atomic mass is 16.1. The number of carbonyl (C=O) groups excluding carboxylic acids is 1. The van der Waals surface area contributed by atoms with Crippen LogP contribution in [-0.2, 0) is 0 Å². The number of hydrogen-bond acceptors (Lipinski definition) is 4. The summed E-state index contributed by atoms with van der Waals surface area (Å²) in [6.45, 7) is 4.08. The molecule has 0 saturated heterocycles. The summed E-state index contributed by atoms with van der Waals surface area (Å²) in [4.78, 5) is 15.5. The van der Waals surface area contributed by atoms with Crippen LogP contribution in [0.2, 0.25) is 0 Å². The van der Waals surface area contributed by atoms with Gasteiger partial charge < -0.3 is 11.5 Å². The van der Waals surface area contributed by atoms with E-state index in [0.717, 1.165) is 5.69 Å². The van der Waals surface area contributed by atoms with Crippen molar-refractivity contribution in [3.8, 4) is 5.82 Å². The standard InChI is InChI=1S/C12H15N5O/c1-7(2)10-3-4-17(16-10)12-9(11(14)18)5-8(13)6-15-12/h3-7H,13H2,1-2H3,(H2,14,18). The highest BCUT2D eigenvalue weighted by Gasteiger charge is 2.14. The Morgan fingerprint density at radius 2 is 2.17 bits per heavy atom. The molecule has 0 aromatic carbocycles. The van der Waals surface area contributed by atoms with Gasteiger partial charge in [-0.05, 0) is 18.1 Å². The molecule has 18 heavy (non-hydrogen) atoms. The summed E-state index contributed by atoms with van der Waals surface area (Å²) in [5.74, 6) is 0.118. The number of nitrogen functional groups attached to an aromatic ring is 1. The van der Waals surface area contributed by atoms with Crippen molar-refractivity contribution < 1.29 is 4.79 Å². The second-order valence-corrected chi connectivity index (χ2v) is 4.34. The van der Waals surface area contributed by atoms with Gasteiger partial charge >= 0.3 is 0 Å². The Balaban J connectivity index is 2.52. The van der Waals surface area contributed by atoms with Crippen LogP contribution in [0.25, 0.3) is 5.82 Å². The maximum atomic E-state index is 11.4. The van der Waals surface area contributed by atoms with E-state index in [-0.39, 0.29) is 5.56 Å². The van der Waals surface area contributed by atoms with Crippen LogP contribution in [0, 0.1) is 0 Å². The lowest BCUT2D eigenvalue weighted by molar-refractivity contribution is 0.1000. The van der Waals surface area contributed by atoms with Gasteiger partial charge in [-0.2, -0.15) is 5.10 Å². The van der Waals surface area contributed by atoms with E-state index in [4.69, 9.17) is 11.5 Å². The first-order chi connectivity index (χ1) is 8.49. The fourth-order valence-corrected chi connectivity index (χ4v) is 1.60. The van der Waals surface area contributed by atoms with Crippen LogP contribution in [0.1, 0.15) is 35.8 Å². The SMILES string of the molecule is CC(C)c1ccn(-c2ncc(N)cc2C(N)=O)n1. The Hall–Kier alpha value is -2.37. The minimum absolute atomic E-state index is 0.258. The number of rotatable bonds is 3. The van der Waals surface area contributed by atoms with Crippen molar-refractivity contribution in [1.82, 2.24) is 14.8 Å². The predicted molar refractivity (Wildman–Crippen MR) is 68.4 cm³/mol. The average molecular weight is 245 g/mol. The molecule has 1 amide bonds. The third-order valence-corrected chi connectivity index (χ3v) is 2.57. The molecule has 2 rings (SSSR count). The minimum atomic E-state index is -0.577. The Kier molecular flexibility index (Phi) is 3.01. The van der Waals surface area contributed by atoms with Crippen molar-refractivity contribution in [2.24, 2.45) is 5.73 Å². The van der Waals surface area contributed by atoms with Gasteiger partial charge in [-0.3, -0.25) is 4.79 Å². The minimum Gasteiger partial charge on any atom is -0.397 e. The van der Waals surface area contributed by atoms with Crippen molar-refractivity contribution >= 4 is 11.6 Å². The number of hydrogen-bond donors (Lipinski definition) is 2. The Labute approximate surface area is 105 Å². The molecule has 0 aliphatic rings. The van der Waals surface area contributed by atoms with Crippen molar-refractivity contribution in [1.29, 1.82) is 0 Å². The zero-order chi connectivity index (χ0) is 13.3. The summed E-state index contributed by atoms with van der Waals surface area (Å²) < 4.78 is 1.54.